The lowest BCUT2D eigenvalue weighted by Gasteiger charge is -2.35. The largest absolute Gasteiger partial charge is 0.367 e. The highest BCUT2D eigenvalue weighted by Gasteiger charge is 2.30. The van der Waals surface area contributed by atoms with Crippen LogP contribution in [0.2, 0.25) is 5.02 Å². The van der Waals surface area contributed by atoms with Gasteiger partial charge < -0.3 is 10.2 Å². The number of anilines is 1. The van der Waals surface area contributed by atoms with E-state index in [1.54, 1.807) is 0 Å². The van der Waals surface area contributed by atoms with Crippen molar-refractivity contribution in [2.24, 2.45) is 0 Å². The Labute approximate surface area is 234 Å². The van der Waals surface area contributed by atoms with Crippen LogP contribution in [-0.2, 0) is 4.79 Å². The molecule has 1 saturated heterocycles. The van der Waals surface area contributed by atoms with E-state index in [-0.39, 0.29) is 17.9 Å². The van der Waals surface area contributed by atoms with Gasteiger partial charge in [-0.15, -0.1) is 0 Å². The molecule has 0 spiro atoms. The molecule has 0 unspecified atom stereocenters. The van der Waals surface area contributed by atoms with Gasteiger partial charge in [0.25, 0.3) is 0 Å². The molecule has 3 heterocycles. The maximum Gasteiger partial charge on any atom is 0.234 e. The summed E-state index contributed by atoms with van der Waals surface area (Å²) in [5, 5.41) is 8.93. The summed E-state index contributed by atoms with van der Waals surface area (Å²) in [5.41, 5.74) is 5.54. The van der Waals surface area contributed by atoms with Crippen LogP contribution in [0.3, 0.4) is 0 Å². The smallest absolute Gasteiger partial charge is 0.234 e. The molecule has 0 saturated carbocycles. The minimum absolute atomic E-state index is 0.154. The molecule has 0 atom stereocenters. The molecular formula is C31H29BClN5O. The Hall–Kier alpha value is -4.10. The number of carbonyl (C=O) groups excluding carboxylic acids is 1. The molecule has 0 radical (unpaired) electrons. The second kappa shape index (κ2) is 10.9. The number of hydrogen-bond donors (Lipinski definition) is 1. The van der Waals surface area contributed by atoms with Gasteiger partial charge in [0.2, 0.25) is 5.91 Å². The molecule has 6 rings (SSSR count). The lowest BCUT2D eigenvalue weighted by molar-refractivity contribution is -0.132. The SMILES string of the molecule is Bc1cnn2c(NC3CCN(C(=O)C(c4ccccc4)c4ccccc4)CC3)cc(-c3ccccc3Cl)nc12. The average molecular weight is 534 g/mol. The van der Waals surface area contributed by atoms with E-state index in [1.165, 1.54) is 0 Å². The molecule has 8 heteroatoms. The minimum Gasteiger partial charge on any atom is -0.367 e. The Morgan fingerprint density at radius 3 is 2.18 bits per heavy atom. The molecule has 2 aromatic heterocycles. The van der Waals surface area contributed by atoms with Gasteiger partial charge in [-0.25, -0.2) is 4.98 Å². The summed E-state index contributed by atoms with van der Waals surface area (Å²) >= 11 is 6.51. The highest BCUT2D eigenvalue weighted by atomic mass is 35.5. The van der Waals surface area contributed by atoms with Crippen molar-refractivity contribution in [3.63, 3.8) is 0 Å². The van der Waals surface area contributed by atoms with E-state index < -0.39 is 0 Å². The number of fused-ring (bicyclic) bond motifs is 1. The Kier molecular flexibility index (Phi) is 7.07. The van der Waals surface area contributed by atoms with Gasteiger partial charge in [0, 0.05) is 42.0 Å². The average Bonchev–Trinajstić information content (AvgIpc) is 3.35. The van der Waals surface area contributed by atoms with Gasteiger partial charge in [0.05, 0.1) is 11.6 Å². The van der Waals surface area contributed by atoms with Gasteiger partial charge in [-0.05, 0) is 35.5 Å². The van der Waals surface area contributed by atoms with Crippen LogP contribution < -0.4 is 10.8 Å². The van der Waals surface area contributed by atoms with Gasteiger partial charge in [0.1, 0.15) is 13.7 Å². The van der Waals surface area contributed by atoms with Gasteiger partial charge in [-0.3, -0.25) is 4.79 Å². The maximum absolute atomic E-state index is 13.8. The fourth-order valence-electron chi connectivity index (χ4n) is 5.39. The number of piperidine rings is 1. The monoisotopic (exact) mass is 533 g/mol. The van der Waals surface area contributed by atoms with Crippen LogP contribution in [0.25, 0.3) is 16.9 Å². The van der Waals surface area contributed by atoms with Crippen molar-refractivity contribution in [3.05, 3.63) is 113 Å². The standard InChI is InChI=1S/C31H29BClN5O/c32-25-20-34-38-28(19-27(36-30(25)38)24-13-7-8-14-26(24)33)35-23-15-17-37(18-16-23)31(39)29(21-9-3-1-4-10-21)22-11-5-2-6-12-22/h1-14,19-20,23,29,35H,15-18,32H2. The molecule has 5 aromatic rings. The first-order valence-electron chi connectivity index (χ1n) is 13.3. The van der Waals surface area contributed by atoms with Crippen LogP contribution in [0, 0.1) is 0 Å². The van der Waals surface area contributed by atoms with E-state index >= 15 is 0 Å². The van der Waals surface area contributed by atoms with Crippen molar-refractivity contribution in [2.75, 3.05) is 18.4 Å². The van der Waals surface area contributed by atoms with Gasteiger partial charge >= 0.3 is 0 Å². The zero-order valence-corrected chi connectivity index (χ0v) is 22.6. The molecule has 0 bridgehead atoms. The number of amides is 1. The van der Waals surface area contributed by atoms with E-state index in [0.717, 1.165) is 52.2 Å². The lowest BCUT2D eigenvalue weighted by Crippen LogP contribution is -2.44. The summed E-state index contributed by atoms with van der Waals surface area (Å²) in [6.45, 7) is 1.38. The van der Waals surface area contributed by atoms with E-state index in [1.807, 2.05) is 114 Å². The van der Waals surface area contributed by atoms with Crippen molar-refractivity contribution < 1.29 is 4.79 Å². The summed E-state index contributed by atoms with van der Waals surface area (Å²) in [6, 6.07) is 30.1. The third-order valence-electron chi connectivity index (χ3n) is 7.47. The van der Waals surface area contributed by atoms with Crippen LogP contribution in [0.15, 0.2) is 97.2 Å². The second-order valence-corrected chi connectivity index (χ2v) is 10.5. The minimum atomic E-state index is -0.304. The van der Waals surface area contributed by atoms with Crippen LogP contribution in [0.4, 0.5) is 5.82 Å². The fraction of sp³-hybridized carbons (Fsp3) is 0.194. The molecule has 1 aliphatic heterocycles. The Morgan fingerprint density at radius 1 is 0.923 bits per heavy atom. The molecule has 1 amide bonds. The zero-order chi connectivity index (χ0) is 26.8. The highest BCUT2D eigenvalue weighted by Crippen LogP contribution is 2.31. The molecule has 0 aliphatic carbocycles. The predicted molar refractivity (Wildman–Crippen MR) is 160 cm³/mol. The molecule has 1 aliphatic rings. The summed E-state index contributed by atoms with van der Waals surface area (Å²) in [5.74, 6) is 0.724. The Bertz CT molecular complexity index is 1560. The van der Waals surface area contributed by atoms with E-state index in [0.29, 0.717) is 18.1 Å². The number of rotatable bonds is 6. The quantitative estimate of drug-likeness (QED) is 0.326. The molecule has 1 fully saturated rings. The maximum atomic E-state index is 13.8. The summed E-state index contributed by atoms with van der Waals surface area (Å²) in [6.07, 6.45) is 3.51. The number of nitrogens with one attached hydrogen (secondary N) is 1. The van der Waals surface area contributed by atoms with Crippen LogP contribution in [0.5, 0.6) is 0 Å². The van der Waals surface area contributed by atoms with Crippen LogP contribution in [0.1, 0.15) is 29.9 Å². The lowest BCUT2D eigenvalue weighted by atomic mass is 9.89. The number of carbonyl (C=O) groups is 1. The third kappa shape index (κ3) is 5.14. The fourth-order valence-corrected chi connectivity index (χ4v) is 5.62. The number of benzene rings is 3. The van der Waals surface area contributed by atoms with E-state index in [2.05, 4.69) is 10.4 Å². The van der Waals surface area contributed by atoms with Crippen molar-refractivity contribution in [1.29, 1.82) is 0 Å². The molecule has 39 heavy (non-hydrogen) atoms. The zero-order valence-electron chi connectivity index (χ0n) is 21.8. The topological polar surface area (TPSA) is 62.5 Å². The first-order valence-corrected chi connectivity index (χ1v) is 13.7. The molecule has 3 aromatic carbocycles. The van der Waals surface area contributed by atoms with Crippen molar-refractivity contribution in [1.82, 2.24) is 19.5 Å². The summed E-state index contributed by atoms with van der Waals surface area (Å²) in [7, 11) is 2.01. The van der Waals surface area contributed by atoms with Gasteiger partial charge in [-0.1, -0.05) is 90.5 Å². The summed E-state index contributed by atoms with van der Waals surface area (Å²) < 4.78 is 1.86. The summed E-state index contributed by atoms with van der Waals surface area (Å²) in [4.78, 5) is 20.7. The number of hydrogen-bond acceptors (Lipinski definition) is 4. The third-order valence-corrected chi connectivity index (χ3v) is 7.80. The second-order valence-electron chi connectivity index (χ2n) is 10.1. The van der Waals surface area contributed by atoms with E-state index in [4.69, 9.17) is 16.6 Å². The predicted octanol–water partition coefficient (Wildman–Crippen LogP) is 4.54. The normalized spacial score (nSPS) is 14.2. The van der Waals surface area contributed by atoms with Crippen LogP contribution >= 0.6 is 11.6 Å². The van der Waals surface area contributed by atoms with Crippen LogP contribution in [-0.4, -0.2) is 52.4 Å². The van der Waals surface area contributed by atoms with Crippen molar-refractivity contribution in [3.8, 4) is 11.3 Å². The first-order chi connectivity index (χ1) is 19.1. The number of likely N-dealkylation sites (tertiary alicyclic amines) is 1. The molecular weight excluding hydrogens is 505 g/mol. The number of halogens is 1. The molecule has 6 nitrogen and oxygen atoms in total. The molecule has 1 N–H and O–H groups in total. The van der Waals surface area contributed by atoms with Gasteiger partial charge in [-0.2, -0.15) is 9.61 Å². The first kappa shape index (κ1) is 25.2. The molecule has 194 valence electrons. The Balaban J connectivity index is 1.21. The van der Waals surface area contributed by atoms with Gasteiger partial charge in [0.15, 0.2) is 5.65 Å². The number of nitrogens with zero attached hydrogens (tertiary/aromatic N) is 4. The van der Waals surface area contributed by atoms with Crippen molar-refractivity contribution in [2.45, 2.75) is 24.8 Å². The van der Waals surface area contributed by atoms with E-state index in [9.17, 15) is 4.79 Å². The highest BCUT2D eigenvalue weighted by molar-refractivity contribution is 6.36. The van der Waals surface area contributed by atoms with Crippen molar-refractivity contribution >= 4 is 42.3 Å². The number of aromatic nitrogens is 3. The Morgan fingerprint density at radius 2 is 1.54 bits per heavy atom.